The van der Waals surface area contributed by atoms with Crippen LogP contribution in [0.3, 0.4) is 0 Å². The van der Waals surface area contributed by atoms with E-state index in [9.17, 15) is 4.79 Å². The molecule has 0 unspecified atom stereocenters. The fourth-order valence-electron chi connectivity index (χ4n) is 1.87. The predicted octanol–water partition coefficient (Wildman–Crippen LogP) is 1.99. The molecular weight excluding hydrogens is 176 g/mol. The summed E-state index contributed by atoms with van der Waals surface area (Å²) in [6, 6.07) is 2.10. The van der Waals surface area contributed by atoms with E-state index in [0.717, 1.165) is 32.2 Å². The van der Waals surface area contributed by atoms with Crippen molar-refractivity contribution in [3.63, 3.8) is 0 Å². The molecule has 78 valence electrons. The molecule has 0 aromatic heterocycles. The van der Waals surface area contributed by atoms with Gasteiger partial charge in [0, 0.05) is 18.9 Å². The largest absolute Gasteiger partial charge is 0.356 e. The zero-order valence-corrected chi connectivity index (χ0v) is 8.59. The maximum absolute atomic E-state index is 11.5. The quantitative estimate of drug-likeness (QED) is 0.680. The Balaban J connectivity index is 2.00. The summed E-state index contributed by atoms with van der Waals surface area (Å²) in [6.45, 7) is 0.733. The van der Waals surface area contributed by atoms with Gasteiger partial charge in [-0.05, 0) is 25.7 Å². The topological polar surface area (TPSA) is 52.9 Å². The SMILES string of the molecule is N#CCCCCNC(=O)C1CCCC1. The van der Waals surface area contributed by atoms with Crippen molar-refractivity contribution >= 4 is 5.91 Å². The van der Waals surface area contributed by atoms with Crippen molar-refractivity contribution in [1.82, 2.24) is 5.32 Å². The Morgan fingerprint density at radius 2 is 2.07 bits per heavy atom. The van der Waals surface area contributed by atoms with E-state index >= 15 is 0 Å². The molecule has 1 aliphatic carbocycles. The van der Waals surface area contributed by atoms with Crippen LogP contribution < -0.4 is 5.32 Å². The van der Waals surface area contributed by atoms with E-state index in [4.69, 9.17) is 5.26 Å². The maximum atomic E-state index is 11.5. The van der Waals surface area contributed by atoms with Crippen molar-refractivity contribution in [3.8, 4) is 6.07 Å². The molecule has 0 aromatic carbocycles. The van der Waals surface area contributed by atoms with Crippen molar-refractivity contribution in [2.75, 3.05) is 6.54 Å². The molecule has 1 aliphatic rings. The van der Waals surface area contributed by atoms with Gasteiger partial charge in [0.25, 0.3) is 0 Å². The van der Waals surface area contributed by atoms with E-state index in [1.54, 1.807) is 0 Å². The number of nitrogens with zero attached hydrogens (tertiary/aromatic N) is 1. The Hall–Kier alpha value is -1.04. The van der Waals surface area contributed by atoms with Crippen molar-refractivity contribution in [1.29, 1.82) is 5.26 Å². The molecule has 0 aliphatic heterocycles. The first-order chi connectivity index (χ1) is 6.84. The Morgan fingerprint density at radius 1 is 1.36 bits per heavy atom. The second-order valence-corrected chi connectivity index (χ2v) is 3.89. The summed E-state index contributed by atoms with van der Waals surface area (Å²) in [5, 5.41) is 11.2. The normalized spacial score (nSPS) is 16.5. The minimum atomic E-state index is 0.222. The second-order valence-electron chi connectivity index (χ2n) is 3.89. The van der Waals surface area contributed by atoms with E-state index in [0.29, 0.717) is 6.42 Å². The van der Waals surface area contributed by atoms with Crippen LogP contribution in [0.1, 0.15) is 44.9 Å². The fourth-order valence-corrected chi connectivity index (χ4v) is 1.87. The van der Waals surface area contributed by atoms with E-state index in [-0.39, 0.29) is 11.8 Å². The molecule has 0 spiro atoms. The number of nitriles is 1. The summed E-state index contributed by atoms with van der Waals surface area (Å²) in [4.78, 5) is 11.5. The molecular formula is C11H18N2O. The Morgan fingerprint density at radius 3 is 2.71 bits per heavy atom. The summed E-state index contributed by atoms with van der Waals surface area (Å²) in [5.74, 6) is 0.491. The molecule has 0 atom stereocenters. The summed E-state index contributed by atoms with van der Waals surface area (Å²) in [6.07, 6.45) is 6.93. The third-order valence-corrected chi connectivity index (χ3v) is 2.74. The van der Waals surface area contributed by atoms with Gasteiger partial charge in [-0.1, -0.05) is 12.8 Å². The van der Waals surface area contributed by atoms with Gasteiger partial charge in [-0.2, -0.15) is 5.26 Å². The molecule has 1 N–H and O–H groups in total. The van der Waals surface area contributed by atoms with E-state index in [2.05, 4.69) is 11.4 Å². The van der Waals surface area contributed by atoms with Crippen LogP contribution >= 0.6 is 0 Å². The molecule has 1 fully saturated rings. The number of hydrogen-bond acceptors (Lipinski definition) is 2. The lowest BCUT2D eigenvalue weighted by Crippen LogP contribution is -2.29. The van der Waals surface area contributed by atoms with Crippen molar-refractivity contribution < 1.29 is 4.79 Å². The summed E-state index contributed by atoms with van der Waals surface area (Å²) < 4.78 is 0. The first kappa shape index (κ1) is 11.0. The molecule has 1 rings (SSSR count). The highest BCUT2D eigenvalue weighted by molar-refractivity contribution is 5.78. The first-order valence-corrected chi connectivity index (χ1v) is 5.49. The average Bonchev–Trinajstić information content (AvgIpc) is 2.70. The molecule has 0 heterocycles. The molecule has 0 saturated heterocycles. The van der Waals surface area contributed by atoms with Crippen LogP contribution in [-0.2, 0) is 4.79 Å². The maximum Gasteiger partial charge on any atom is 0.223 e. The fraction of sp³-hybridized carbons (Fsp3) is 0.818. The molecule has 0 aromatic rings. The zero-order chi connectivity index (χ0) is 10.2. The van der Waals surface area contributed by atoms with Gasteiger partial charge in [-0.15, -0.1) is 0 Å². The molecule has 0 bridgehead atoms. The highest BCUT2D eigenvalue weighted by Gasteiger charge is 2.21. The van der Waals surface area contributed by atoms with Crippen LogP contribution in [0, 0.1) is 17.2 Å². The monoisotopic (exact) mass is 194 g/mol. The van der Waals surface area contributed by atoms with E-state index in [1.807, 2.05) is 0 Å². The van der Waals surface area contributed by atoms with Gasteiger partial charge < -0.3 is 5.32 Å². The summed E-state index contributed by atoms with van der Waals surface area (Å²) in [7, 11) is 0. The van der Waals surface area contributed by atoms with Crippen molar-refractivity contribution in [2.24, 2.45) is 5.92 Å². The predicted molar refractivity (Wildman–Crippen MR) is 54.4 cm³/mol. The Kier molecular flexibility index (Phi) is 5.06. The summed E-state index contributed by atoms with van der Waals surface area (Å²) >= 11 is 0. The summed E-state index contributed by atoms with van der Waals surface area (Å²) in [5.41, 5.74) is 0. The highest BCUT2D eigenvalue weighted by Crippen LogP contribution is 2.24. The molecule has 1 amide bonds. The molecule has 14 heavy (non-hydrogen) atoms. The van der Waals surface area contributed by atoms with Crippen LogP contribution in [0.15, 0.2) is 0 Å². The number of amides is 1. The Labute approximate surface area is 85.5 Å². The minimum Gasteiger partial charge on any atom is -0.356 e. The number of nitrogens with one attached hydrogen (secondary N) is 1. The second kappa shape index (κ2) is 6.42. The highest BCUT2D eigenvalue weighted by atomic mass is 16.1. The van der Waals surface area contributed by atoms with Gasteiger partial charge in [0.15, 0.2) is 0 Å². The molecule has 3 nitrogen and oxygen atoms in total. The number of carbonyl (C=O) groups excluding carboxylic acids is 1. The third kappa shape index (κ3) is 3.78. The van der Waals surface area contributed by atoms with Crippen LogP contribution in [-0.4, -0.2) is 12.5 Å². The van der Waals surface area contributed by atoms with Crippen LogP contribution in [0.4, 0.5) is 0 Å². The van der Waals surface area contributed by atoms with Gasteiger partial charge in [0.1, 0.15) is 0 Å². The van der Waals surface area contributed by atoms with Gasteiger partial charge in [0.2, 0.25) is 5.91 Å². The van der Waals surface area contributed by atoms with Crippen LogP contribution in [0.2, 0.25) is 0 Å². The molecule has 3 heteroatoms. The van der Waals surface area contributed by atoms with Gasteiger partial charge in [-0.25, -0.2) is 0 Å². The average molecular weight is 194 g/mol. The smallest absolute Gasteiger partial charge is 0.223 e. The standard InChI is InChI=1S/C11H18N2O/c12-8-4-1-5-9-13-11(14)10-6-2-3-7-10/h10H,1-7,9H2,(H,13,14). The minimum absolute atomic E-state index is 0.222. The van der Waals surface area contributed by atoms with E-state index in [1.165, 1.54) is 12.8 Å². The van der Waals surface area contributed by atoms with E-state index < -0.39 is 0 Å². The molecule has 1 saturated carbocycles. The van der Waals surface area contributed by atoms with Crippen LogP contribution in [0.5, 0.6) is 0 Å². The van der Waals surface area contributed by atoms with Crippen molar-refractivity contribution in [2.45, 2.75) is 44.9 Å². The number of carbonyl (C=O) groups is 1. The lowest BCUT2D eigenvalue weighted by molar-refractivity contribution is -0.124. The van der Waals surface area contributed by atoms with Gasteiger partial charge >= 0.3 is 0 Å². The number of hydrogen-bond donors (Lipinski definition) is 1. The van der Waals surface area contributed by atoms with Gasteiger partial charge in [-0.3, -0.25) is 4.79 Å². The Bertz CT molecular complexity index is 214. The zero-order valence-electron chi connectivity index (χ0n) is 8.59. The van der Waals surface area contributed by atoms with Gasteiger partial charge in [0.05, 0.1) is 6.07 Å². The number of unbranched alkanes of at least 4 members (excludes halogenated alkanes) is 2. The molecule has 0 radical (unpaired) electrons. The third-order valence-electron chi connectivity index (χ3n) is 2.74. The van der Waals surface area contributed by atoms with Crippen LogP contribution in [0.25, 0.3) is 0 Å². The lowest BCUT2D eigenvalue weighted by Gasteiger charge is -2.09. The lowest BCUT2D eigenvalue weighted by atomic mass is 10.1. The number of rotatable bonds is 5. The van der Waals surface area contributed by atoms with Crippen molar-refractivity contribution in [3.05, 3.63) is 0 Å². The first-order valence-electron chi connectivity index (χ1n) is 5.49.